The molecule has 78 valence electrons. The Bertz CT molecular complexity index is 494. The van der Waals surface area contributed by atoms with E-state index in [-0.39, 0.29) is 6.61 Å². The lowest BCUT2D eigenvalue weighted by molar-refractivity contribution is 0.282. The van der Waals surface area contributed by atoms with Crippen molar-refractivity contribution in [1.82, 2.24) is 0 Å². The first kappa shape index (κ1) is 10.3. The van der Waals surface area contributed by atoms with Crippen molar-refractivity contribution < 1.29 is 9.84 Å². The minimum atomic E-state index is 0.0413. The zero-order chi connectivity index (χ0) is 10.8. The summed E-state index contributed by atoms with van der Waals surface area (Å²) in [7, 11) is 1.59. The van der Waals surface area contributed by atoms with E-state index in [4.69, 9.17) is 21.4 Å². The maximum atomic E-state index is 9.01. The molecular formula is C12H11ClO2. The highest BCUT2D eigenvalue weighted by Gasteiger charge is 2.05. The van der Waals surface area contributed by atoms with Crippen molar-refractivity contribution in [3.8, 4) is 5.75 Å². The largest absolute Gasteiger partial charge is 0.495 e. The van der Waals surface area contributed by atoms with E-state index in [0.717, 1.165) is 16.3 Å². The summed E-state index contributed by atoms with van der Waals surface area (Å²) < 4.78 is 5.13. The molecule has 0 heterocycles. The number of hydrogen-bond acceptors (Lipinski definition) is 2. The van der Waals surface area contributed by atoms with Gasteiger partial charge in [-0.2, -0.15) is 0 Å². The second-order valence-electron chi connectivity index (χ2n) is 3.30. The second-order valence-corrected chi connectivity index (χ2v) is 3.67. The molecule has 0 fully saturated rings. The van der Waals surface area contributed by atoms with Gasteiger partial charge in [0.2, 0.25) is 0 Å². The van der Waals surface area contributed by atoms with Crippen LogP contribution in [0.3, 0.4) is 0 Å². The Morgan fingerprint density at radius 1 is 1.27 bits per heavy atom. The molecule has 2 rings (SSSR count). The number of benzene rings is 2. The number of halogens is 1. The van der Waals surface area contributed by atoms with E-state index in [1.165, 1.54) is 0 Å². The average Bonchev–Trinajstić information content (AvgIpc) is 2.29. The third-order valence-corrected chi connectivity index (χ3v) is 2.78. The highest BCUT2D eigenvalue weighted by atomic mass is 35.5. The molecule has 0 aliphatic heterocycles. The Hall–Kier alpha value is -1.25. The summed E-state index contributed by atoms with van der Waals surface area (Å²) in [6.45, 7) is 0.0413. The Morgan fingerprint density at radius 3 is 2.73 bits per heavy atom. The Kier molecular flexibility index (Phi) is 2.80. The molecule has 2 nitrogen and oxygen atoms in total. The van der Waals surface area contributed by atoms with Gasteiger partial charge < -0.3 is 9.84 Å². The molecular weight excluding hydrogens is 212 g/mol. The van der Waals surface area contributed by atoms with Crippen molar-refractivity contribution in [3.63, 3.8) is 0 Å². The molecule has 2 aromatic carbocycles. The van der Waals surface area contributed by atoms with E-state index < -0.39 is 0 Å². The fraction of sp³-hybridized carbons (Fsp3) is 0.167. The van der Waals surface area contributed by atoms with Crippen molar-refractivity contribution in [2.45, 2.75) is 6.61 Å². The van der Waals surface area contributed by atoms with Gasteiger partial charge in [0.05, 0.1) is 18.7 Å². The third kappa shape index (κ3) is 1.78. The summed E-state index contributed by atoms with van der Waals surface area (Å²) in [5, 5.41) is 11.6. The first-order valence-corrected chi connectivity index (χ1v) is 5.00. The number of aliphatic hydroxyl groups is 1. The number of fused-ring (bicyclic) bond motifs is 1. The molecule has 1 N–H and O–H groups in total. The Labute approximate surface area is 93.1 Å². The van der Waals surface area contributed by atoms with Crippen molar-refractivity contribution in [1.29, 1.82) is 0 Å². The fourth-order valence-electron chi connectivity index (χ4n) is 1.58. The monoisotopic (exact) mass is 222 g/mol. The van der Waals surface area contributed by atoms with Gasteiger partial charge in [-0.3, -0.25) is 0 Å². The molecule has 0 spiro atoms. The highest BCUT2D eigenvalue weighted by molar-refractivity contribution is 6.37. The van der Waals surface area contributed by atoms with Crippen LogP contribution < -0.4 is 4.74 Å². The molecule has 0 radical (unpaired) electrons. The summed E-state index contributed by atoms with van der Waals surface area (Å²) in [4.78, 5) is 0. The Morgan fingerprint density at radius 2 is 2.07 bits per heavy atom. The first-order valence-electron chi connectivity index (χ1n) is 4.62. The third-order valence-electron chi connectivity index (χ3n) is 2.39. The molecule has 0 atom stereocenters. The minimum absolute atomic E-state index is 0.0413. The van der Waals surface area contributed by atoms with Crippen LogP contribution in [0.2, 0.25) is 5.02 Å². The minimum Gasteiger partial charge on any atom is -0.495 e. The summed E-state index contributed by atoms with van der Waals surface area (Å²) in [6, 6.07) is 9.42. The smallest absolute Gasteiger partial charge is 0.138 e. The summed E-state index contributed by atoms with van der Waals surface area (Å²) in [5.41, 5.74) is 0.878. The van der Waals surface area contributed by atoms with Gasteiger partial charge in [-0.25, -0.2) is 0 Å². The van der Waals surface area contributed by atoms with Gasteiger partial charge in [-0.1, -0.05) is 29.8 Å². The highest BCUT2D eigenvalue weighted by Crippen LogP contribution is 2.32. The van der Waals surface area contributed by atoms with Crippen LogP contribution in [0.1, 0.15) is 5.56 Å². The van der Waals surface area contributed by atoms with Crippen LogP contribution in [0.25, 0.3) is 10.8 Å². The molecule has 0 aromatic heterocycles. The van der Waals surface area contributed by atoms with Crippen LogP contribution in [0.4, 0.5) is 0 Å². The molecule has 0 aliphatic rings. The van der Waals surface area contributed by atoms with Crippen LogP contribution in [0.5, 0.6) is 5.75 Å². The van der Waals surface area contributed by atoms with Crippen molar-refractivity contribution >= 4 is 22.4 Å². The summed E-state index contributed by atoms with van der Waals surface area (Å²) in [6.07, 6.45) is 0. The van der Waals surface area contributed by atoms with Gasteiger partial charge in [-0.05, 0) is 23.1 Å². The molecule has 0 unspecified atom stereocenters. The van der Waals surface area contributed by atoms with Crippen LogP contribution in [0, 0.1) is 0 Å². The number of methoxy groups -OCH3 is 1. The summed E-state index contributed by atoms with van der Waals surface area (Å²) >= 11 is 6.15. The second kappa shape index (κ2) is 4.09. The van der Waals surface area contributed by atoms with E-state index in [0.29, 0.717) is 10.8 Å². The topological polar surface area (TPSA) is 29.5 Å². The van der Waals surface area contributed by atoms with E-state index in [1.807, 2.05) is 30.3 Å². The zero-order valence-electron chi connectivity index (χ0n) is 8.33. The van der Waals surface area contributed by atoms with Crippen molar-refractivity contribution in [2.24, 2.45) is 0 Å². The zero-order valence-corrected chi connectivity index (χ0v) is 9.08. The SMILES string of the molecule is COc1ccc2cc(CO)ccc2c1Cl. The molecule has 15 heavy (non-hydrogen) atoms. The quantitative estimate of drug-likeness (QED) is 0.847. The number of ether oxygens (including phenoxy) is 1. The Balaban J connectivity index is 2.68. The van der Waals surface area contributed by atoms with Crippen molar-refractivity contribution in [2.75, 3.05) is 7.11 Å². The molecule has 0 aliphatic carbocycles. The molecule has 0 amide bonds. The van der Waals surface area contributed by atoms with Crippen LogP contribution in [0.15, 0.2) is 30.3 Å². The fourth-order valence-corrected chi connectivity index (χ4v) is 1.89. The van der Waals surface area contributed by atoms with Gasteiger partial charge >= 0.3 is 0 Å². The van der Waals surface area contributed by atoms with Gasteiger partial charge in [0.25, 0.3) is 0 Å². The van der Waals surface area contributed by atoms with Crippen molar-refractivity contribution in [3.05, 3.63) is 40.9 Å². The van der Waals surface area contributed by atoms with Crippen LogP contribution in [-0.2, 0) is 6.61 Å². The van der Waals surface area contributed by atoms with E-state index in [2.05, 4.69) is 0 Å². The predicted octanol–water partition coefficient (Wildman–Crippen LogP) is 2.99. The van der Waals surface area contributed by atoms with E-state index in [9.17, 15) is 0 Å². The standard InChI is InChI=1S/C12H11ClO2/c1-15-11-5-3-9-6-8(7-14)2-4-10(9)12(11)13/h2-6,14H,7H2,1H3. The number of aliphatic hydroxyl groups excluding tert-OH is 1. The lowest BCUT2D eigenvalue weighted by atomic mass is 10.1. The lowest BCUT2D eigenvalue weighted by Gasteiger charge is -2.07. The molecule has 0 bridgehead atoms. The molecule has 2 aromatic rings. The summed E-state index contributed by atoms with van der Waals surface area (Å²) in [5.74, 6) is 0.668. The number of rotatable bonds is 2. The molecule has 0 saturated carbocycles. The molecule has 3 heteroatoms. The van der Waals surface area contributed by atoms with Gasteiger partial charge in [0.1, 0.15) is 5.75 Å². The normalized spacial score (nSPS) is 10.6. The lowest BCUT2D eigenvalue weighted by Crippen LogP contribution is -1.87. The van der Waals surface area contributed by atoms with Gasteiger partial charge in [-0.15, -0.1) is 0 Å². The first-order chi connectivity index (χ1) is 7.26. The average molecular weight is 223 g/mol. The predicted molar refractivity (Wildman–Crippen MR) is 61.4 cm³/mol. The van der Waals surface area contributed by atoms with Gasteiger partial charge in [0, 0.05) is 5.39 Å². The number of hydrogen-bond donors (Lipinski definition) is 1. The molecule has 0 saturated heterocycles. The van der Waals surface area contributed by atoms with Crippen LogP contribution >= 0.6 is 11.6 Å². The van der Waals surface area contributed by atoms with E-state index in [1.54, 1.807) is 7.11 Å². The maximum absolute atomic E-state index is 9.01. The van der Waals surface area contributed by atoms with Gasteiger partial charge in [0.15, 0.2) is 0 Å². The van der Waals surface area contributed by atoms with E-state index >= 15 is 0 Å². The van der Waals surface area contributed by atoms with Crippen LogP contribution in [-0.4, -0.2) is 12.2 Å². The maximum Gasteiger partial charge on any atom is 0.138 e.